The fourth-order valence-corrected chi connectivity index (χ4v) is 1.67. The summed E-state index contributed by atoms with van der Waals surface area (Å²) < 4.78 is 19.4. The van der Waals surface area contributed by atoms with Gasteiger partial charge in [-0.3, -0.25) is 0 Å². The summed E-state index contributed by atoms with van der Waals surface area (Å²) in [6, 6.07) is 10.3. The highest BCUT2D eigenvalue weighted by Crippen LogP contribution is 2.27. The normalized spacial score (nSPS) is 10.1. The predicted molar refractivity (Wildman–Crippen MR) is 63.6 cm³/mol. The van der Waals surface area contributed by atoms with E-state index in [1.54, 1.807) is 36.4 Å². The van der Waals surface area contributed by atoms with Gasteiger partial charge in [0.15, 0.2) is 11.6 Å². The summed E-state index contributed by atoms with van der Waals surface area (Å²) in [5.41, 5.74) is 1.09. The zero-order valence-electron chi connectivity index (χ0n) is 8.66. The van der Waals surface area contributed by atoms with E-state index < -0.39 is 0 Å². The van der Waals surface area contributed by atoms with E-state index in [2.05, 4.69) is 4.98 Å². The number of H-pyrrole nitrogens is 1. The topological polar surface area (TPSA) is 25.0 Å². The van der Waals surface area contributed by atoms with Crippen molar-refractivity contribution in [2.75, 3.05) is 7.11 Å². The Bertz CT molecular complexity index is 565. The van der Waals surface area contributed by atoms with Gasteiger partial charge in [-0.25, -0.2) is 4.39 Å². The van der Waals surface area contributed by atoms with Crippen LogP contribution in [0.2, 0.25) is 0 Å². The molecule has 0 aliphatic rings. The molecule has 16 heavy (non-hydrogen) atoms. The molecule has 0 fully saturated rings. The van der Waals surface area contributed by atoms with Gasteiger partial charge in [0.1, 0.15) is 4.64 Å². The molecule has 1 aromatic heterocycles. The van der Waals surface area contributed by atoms with Crippen molar-refractivity contribution in [2.24, 2.45) is 0 Å². The standard InChI is InChI=1S/C12H10FNOS/c1-15-10-6-2-4-8(12(10)13)9-5-3-7-11(16)14-9/h2-7H,1H3,(H,14,16). The number of ether oxygens (including phenoxy) is 1. The fourth-order valence-electron chi connectivity index (χ4n) is 1.48. The Morgan fingerprint density at radius 2 is 1.94 bits per heavy atom. The molecule has 1 aromatic carbocycles. The summed E-state index contributed by atoms with van der Waals surface area (Å²) in [5, 5.41) is 0. The highest BCUT2D eigenvalue weighted by atomic mass is 32.1. The smallest absolute Gasteiger partial charge is 0.174 e. The minimum Gasteiger partial charge on any atom is -0.494 e. The first kappa shape index (κ1) is 10.8. The van der Waals surface area contributed by atoms with Crippen LogP contribution in [0.3, 0.4) is 0 Å². The van der Waals surface area contributed by atoms with Gasteiger partial charge in [0.2, 0.25) is 0 Å². The van der Waals surface area contributed by atoms with Crippen molar-refractivity contribution in [1.29, 1.82) is 0 Å². The summed E-state index contributed by atoms with van der Waals surface area (Å²) in [4.78, 5) is 2.93. The third-order valence-corrected chi connectivity index (χ3v) is 2.48. The first-order valence-corrected chi connectivity index (χ1v) is 5.15. The van der Waals surface area contributed by atoms with Crippen LogP contribution in [0.5, 0.6) is 5.75 Å². The second-order valence-corrected chi connectivity index (χ2v) is 3.69. The van der Waals surface area contributed by atoms with Crippen LogP contribution < -0.4 is 4.74 Å². The number of hydrogen-bond acceptors (Lipinski definition) is 2. The van der Waals surface area contributed by atoms with Gasteiger partial charge in [0, 0.05) is 11.3 Å². The van der Waals surface area contributed by atoms with Gasteiger partial charge in [-0.05, 0) is 24.3 Å². The van der Waals surface area contributed by atoms with Gasteiger partial charge >= 0.3 is 0 Å². The lowest BCUT2D eigenvalue weighted by Crippen LogP contribution is -1.92. The molecule has 2 aromatic rings. The van der Waals surface area contributed by atoms with E-state index >= 15 is 0 Å². The quantitative estimate of drug-likeness (QED) is 0.805. The molecule has 4 heteroatoms. The number of hydrogen-bond donors (Lipinski definition) is 1. The molecule has 1 N–H and O–H groups in total. The van der Waals surface area contributed by atoms with E-state index in [0.717, 1.165) is 0 Å². The monoisotopic (exact) mass is 235 g/mol. The second kappa shape index (κ2) is 4.45. The van der Waals surface area contributed by atoms with E-state index in [1.807, 2.05) is 0 Å². The van der Waals surface area contributed by atoms with Gasteiger partial charge in [0.05, 0.1) is 7.11 Å². The van der Waals surface area contributed by atoms with Crippen LogP contribution in [0.15, 0.2) is 36.4 Å². The predicted octanol–water partition coefficient (Wildman–Crippen LogP) is 3.56. The summed E-state index contributed by atoms with van der Waals surface area (Å²) in [5.74, 6) is -0.164. The second-order valence-electron chi connectivity index (χ2n) is 3.25. The van der Waals surface area contributed by atoms with Crippen LogP contribution in [0.25, 0.3) is 11.3 Å². The summed E-state index contributed by atoms with van der Waals surface area (Å²) >= 11 is 4.99. The Morgan fingerprint density at radius 3 is 2.62 bits per heavy atom. The Kier molecular flexibility index (Phi) is 3.01. The maximum absolute atomic E-state index is 13.9. The minimum absolute atomic E-state index is 0.223. The van der Waals surface area contributed by atoms with Gasteiger partial charge < -0.3 is 9.72 Å². The largest absolute Gasteiger partial charge is 0.494 e. The fraction of sp³-hybridized carbons (Fsp3) is 0.0833. The third-order valence-electron chi connectivity index (χ3n) is 2.24. The van der Waals surface area contributed by atoms with Gasteiger partial charge in [-0.1, -0.05) is 24.4 Å². The number of nitrogens with one attached hydrogen (secondary N) is 1. The van der Waals surface area contributed by atoms with Crippen molar-refractivity contribution in [3.8, 4) is 17.0 Å². The van der Waals surface area contributed by atoms with E-state index in [4.69, 9.17) is 17.0 Å². The molecule has 2 nitrogen and oxygen atoms in total. The molecular formula is C12H10FNOS. The van der Waals surface area contributed by atoms with Crippen molar-refractivity contribution in [1.82, 2.24) is 4.98 Å². The van der Waals surface area contributed by atoms with E-state index in [9.17, 15) is 4.39 Å². The van der Waals surface area contributed by atoms with Crippen LogP contribution >= 0.6 is 12.2 Å². The molecule has 0 amide bonds. The summed E-state index contributed by atoms with van der Waals surface area (Å²) in [7, 11) is 1.44. The molecule has 0 saturated heterocycles. The Morgan fingerprint density at radius 1 is 1.19 bits per heavy atom. The molecule has 2 rings (SSSR count). The molecule has 82 valence electrons. The summed E-state index contributed by atoms with van der Waals surface area (Å²) in [6.07, 6.45) is 0. The zero-order chi connectivity index (χ0) is 11.5. The van der Waals surface area contributed by atoms with Crippen molar-refractivity contribution >= 4 is 12.2 Å². The molecule has 0 unspecified atom stereocenters. The van der Waals surface area contributed by atoms with Crippen LogP contribution in [0.4, 0.5) is 4.39 Å². The molecule has 0 aliphatic carbocycles. The first-order chi connectivity index (χ1) is 7.72. The van der Waals surface area contributed by atoms with Crippen molar-refractivity contribution in [2.45, 2.75) is 0 Å². The van der Waals surface area contributed by atoms with Crippen LogP contribution in [-0.4, -0.2) is 12.1 Å². The number of benzene rings is 1. The molecule has 1 heterocycles. The number of aromatic amines is 1. The summed E-state index contributed by atoms with van der Waals surface area (Å²) in [6.45, 7) is 0. The molecule has 0 bridgehead atoms. The van der Waals surface area contributed by atoms with E-state index in [-0.39, 0.29) is 11.6 Å². The zero-order valence-corrected chi connectivity index (χ0v) is 9.48. The molecule has 0 aliphatic heterocycles. The number of methoxy groups -OCH3 is 1. The van der Waals surface area contributed by atoms with Crippen molar-refractivity contribution < 1.29 is 9.13 Å². The number of halogens is 1. The lowest BCUT2D eigenvalue weighted by molar-refractivity contribution is 0.387. The van der Waals surface area contributed by atoms with Crippen LogP contribution in [0.1, 0.15) is 0 Å². The molecule has 0 saturated carbocycles. The van der Waals surface area contributed by atoms with Gasteiger partial charge in [-0.15, -0.1) is 0 Å². The Labute approximate surface area is 97.7 Å². The average molecular weight is 235 g/mol. The van der Waals surface area contributed by atoms with E-state index in [1.165, 1.54) is 7.11 Å². The minimum atomic E-state index is -0.387. The van der Waals surface area contributed by atoms with Crippen molar-refractivity contribution in [3.05, 3.63) is 46.9 Å². The lowest BCUT2D eigenvalue weighted by atomic mass is 10.1. The highest BCUT2D eigenvalue weighted by molar-refractivity contribution is 7.71. The van der Waals surface area contributed by atoms with Gasteiger partial charge in [-0.2, -0.15) is 0 Å². The number of pyridine rings is 1. The lowest BCUT2D eigenvalue weighted by Gasteiger charge is -2.07. The molecule has 0 atom stereocenters. The highest BCUT2D eigenvalue weighted by Gasteiger charge is 2.09. The van der Waals surface area contributed by atoms with Crippen molar-refractivity contribution in [3.63, 3.8) is 0 Å². The molecule has 0 spiro atoms. The SMILES string of the molecule is COc1cccc(-c2cccc(=S)[nH]2)c1F. The molecular weight excluding hydrogens is 225 g/mol. The third kappa shape index (κ3) is 1.97. The Hall–Kier alpha value is -1.68. The van der Waals surface area contributed by atoms with E-state index in [0.29, 0.717) is 15.9 Å². The first-order valence-electron chi connectivity index (χ1n) is 4.74. The van der Waals surface area contributed by atoms with Crippen LogP contribution in [-0.2, 0) is 0 Å². The molecule has 0 radical (unpaired) electrons. The maximum Gasteiger partial charge on any atom is 0.174 e. The number of aromatic nitrogens is 1. The number of rotatable bonds is 2. The van der Waals surface area contributed by atoms with Crippen LogP contribution in [0, 0.1) is 10.5 Å². The van der Waals surface area contributed by atoms with Gasteiger partial charge in [0.25, 0.3) is 0 Å². The Balaban J connectivity index is 2.60. The average Bonchev–Trinajstić information content (AvgIpc) is 2.29. The maximum atomic E-state index is 13.9.